The van der Waals surface area contributed by atoms with Gasteiger partial charge in [-0.3, -0.25) is 9.59 Å². The minimum absolute atomic E-state index is 0.108. The van der Waals surface area contributed by atoms with Gasteiger partial charge in [-0.1, -0.05) is 6.07 Å². The van der Waals surface area contributed by atoms with Crippen molar-refractivity contribution < 1.29 is 19.1 Å². The first kappa shape index (κ1) is 18.1. The summed E-state index contributed by atoms with van der Waals surface area (Å²) in [5, 5.41) is 2.81. The summed E-state index contributed by atoms with van der Waals surface area (Å²) in [6.45, 7) is 8.88. The molecule has 0 saturated heterocycles. The summed E-state index contributed by atoms with van der Waals surface area (Å²) in [6.07, 6.45) is 0. The van der Waals surface area contributed by atoms with Crippen molar-refractivity contribution in [3.05, 3.63) is 23.8 Å². The van der Waals surface area contributed by atoms with E-state index in [0.717, 1.165) is 5.56 Å². The van der Waals surface area contributed by atoms with Crippen LogP contribution in [0.1, 0.15) is 33.3 Å². The lowest BCUT2D eigenvalue weighted by Crippen LogP contribution is -2.50. The first-order valence-electron chi connectivity index (χ1n) is 8.23. The number of likely N-dealkylation sites (N-methyl/N-ethyl adjacent to an activating group) is 1. The highest BCUT2D eigenvalue weighted by Crippen LogP contribution is 2.35. The first-order chi connectivity index (χ1) is 11.3. The Labute approximate surface area is 143 Å². The summed E-state index contributed by atoms with van der Waals surface area (Å²) in [4.78, 5) is 26.4. The standard InChI is InChI=1S/C18H26N2O4/c1-6-20(5)16(21)12(2)19-17(22)18(3,4)13-7-8-14-15(11-13)24-10-9-23-14/h7-8,11-12H,6,9-10H2,1-5H3,(H,19,22)/t12-/m0/s1. The molecule has 2 rings (SSSR count). The maximum atomic E-state index is 12.7. The second kappa shape index (κ2) is 7.11. The van der Waals surface area contributed by atoms with Gasteiger partial charge in [0.05, 0.1) is 5.41 Å². The van der Waals surface area contributed by atoms with E-state index in [0.29, 0.717) is 31.3 Å². The van der Waals surface area contributed by atoms with Crippen LogP contribution in [0, 0.1) is 0 Å². The summed E-state index contributed by atoms with van der Waals surface area (Å²) in [5.74, 6) is 1.03. The molecule has 1 aliphatic heterocycles. The number of carbonyl (C=O) groups excluding carboxylic acids is 2. The maximum absolute atomic E-state index is 12.7. The van der Waals surface area contributed by atoms with Crippen LogP contribution in [0.25, 0.3) is 0 Å². The first-order valence-corrected chi connectivity index (χ1v) is 8.23. The molecule has 0 bridgehead atoms. The number of hydrogen-bond donors (Lipinski definition) is 1. The van der Waals surface area contributed by atoms with Gasteiger partial charge >= 0.3 is 0 Å². The van der Waals surface area contributed by atoms with Crippen LogP contribution in [0.3, 0.4) is 0 Å². The Bertz CT molecular complexity index is 627. The number of rotatable bonds is 5. The van der Waals surface area contributed by atoms with Crippen molar-refractivity contribution in [1.82, 2.24) is 10.2 Å². The lowest BCUT2D eigenvalue weighted by atomic mass is 9.83. The fraction of sp³-hybridized carbons (Fsp3) is 0.556. The van der Waals surface area contributed by atoms with Gasteiger partial charge in [-0.25, -0.2) is 0 Å². The number of carbonyl (C=O) groups is 2. The zero-order chi connectivity index (χ0) is 17.9. The molecular weight excluding hydrogens is 308 g/mol. The Kier molecular flexibility index (Phi) is 5.36. The van der Waals surface area contributed by atoms with E-state index in [-0.39, 0.29) is 11.8 Å². The van der Waals surface area contributed by atoms with Gasteiger partial charge in [0.25, 0.3) is 0 Å². The van der Waals surface area contributed by atoms with E-state index >= 15 is 0 Å². The molecule has 1 aromatic rings. The SMILES string of the molecule is CCN(C)C(=O)[C@H](C)NC(=O)C(C)(C)c1ccc2c(c1)OCCO2. The van der Waals surface area contributed by atoms with E-state index in [1.54, 1.807) is 18.9 Å². The Morgan fingerprint density at radius 3 is 2.50 bits per heavy atom. The fourth-order valence-electron chi connectivity index (χ4n) is 2.49. The van der Waals surface area contributed by atoms with E-state index in [9.17, 15) is 9.59 Å². The highest BCUT2D eigenvalue weighted by atomic mass is 16.6. The summed E-state index contributed by atoms with van der Waals surface area (Å²) in [5.41, 5.74) is 0.0163. The van der Waals surface area contributed by atoms with Crippen LogP contribution in [-0.2, 0) is 15.0 Å². The van der Waals surface area contributed by atoms with Gasteiger partial charge in [0.1, 0.15) is 19.3 Å². The van der Waals surface area contributed by atoms with Crippen LogP contribution in [-0.4, -0.2) is 49.6 Å². The Morgan fingerprint density at radius 2 is 1.88 bits per heavy atom. The molecule has 6 heteroatoms. The van der Waals surface area contributed by atoms with Gasteiger partial charge in [-0.2, -0.15) is 0 Å². The van der Waals surface area contributed by atoms with Crippen LogP contribution in [0.4, 0.5) is 0 Å². The quantitative estimate of drug-likeness (QED) is 0.890. The van der Waals surface area contributed by atoms with E-state index in [1.807, 2.05) is 39.0 Å². The Hall–Kier alpha value is -2.24. The van der Waals surface area contributed by atoms with Crippen LogP contribution in [0.15, 0.2) is 18.2 Å². The molecule has 2 amide bonds. The fourth-order valence-corrected chi connectivity index (χ4v) is 2.49. The third-order valence-electron chi connectivity index (χ3n) is 4.40. The van der Waals surface area contributed by atoms with E-state index in [1.165, 1.54) is 0 Å². The van der Waals surface area contributed by atoms with Crippen molar-refractivity contribution in [1.29, 1.82) is 0 Å². The number of fused-ring (bicyclic) bond motifs is 1. The molecule has 0 saturated carbocycles. The van der Waals surface area contributed by atoms with Crippen LogP contribution >= 0.6 is 0 Å². The normalized spacial score (nSPS) is 14.7. The summed E-state index contributed by atoms with van der Waals surface area (Å²) in [6, 6.07) is 4.94. The minimum Gasteiger partial charge on any atom is -0.486 e. The zero-order valence-corrected chi connectivity index (χ0v) is 15.0. The molecule has 24 heavy (non-hydrogen) atoms. The van der Waals surface area contributed by atoms with Crippen molar-refractivity contribution in [2.75, 3.05) is 26.8 Å². The second-order valence-corrected chi connectivity index (χ2v) is 6.53. The Morgan fingerprint density at radius 1 is 1.25 bits per heavy atom. The molecule has 132 valence electrons. The highest BCUT2D eigenvalue weighted by molar-refractivity contribution is 5.92. The molecule has 1 aromatic carbocycles. The van der Waals surface area contributed by atoms with Crippen LogP contribution in [0.5, 0.6) is 11.5 Å². The molecule has 0 radical (unpaired) electrons. The van der Waals surface area contributed by atoms with Gasteiger partial charge in [-0.15, -0.1) is 0 Å². The predicted octanol–water partition coefficient (Wildman–Crippen LogP) is 1.72. The summed E-state index contributed by atoms with van der Waals surface area (Å²) < 4.78 is 11.1. The predicted molar refractivity (Wildman–Crippen MR) is 91.4 cm³/mol. The smallest absolute Gasteiger partial charge is 0.244 e. The molecule has 0 unspecified atom stereocenters. The number of nitrogens with one attached hydrogen (secondary N) is 1. The zero-order valence-electron chi connectivity index (χ0n) is 15.0. The Balaban J connectivity index is 2.14. The van der Waals surface area contributed by atoms with Crippen LogP contribution < -0.4 is 14.8 Å². The molecule has 0 spiro atoms. The summed E-state index contributed by atoms with van der Waals surface area (Å²) >= 11 is 0. The van der Waals surface area contributed by atoms with E-state index < -0.39 is 11.5 Å². The second-order valence-electron chi connectivity index (χ2n) is 6.53. The lowest BCUT2D eigenvalue weighted by molar-refractivity contribution is -0.136. The van der Waals surface area contributed by atoms with Gasteiger partial charge in [0.15, 0.2) is 11.5 Å². The number of ether oxygens (including phenoxy) is 2. The molecular formula is C18H26N2O4. The molecule has 0 fully saturated rings. The minimum atomic E-state index is -0.796. The van der Waals surface area contributed by atoms with Crippen molar-refractivity contribution in [2.24, 2.45) is 0 Å². The third-order valence-corrected chi connectivity index (χ3v) is 4.40. The van der Waals surface area contributed by atoms with Crippen molar-refractivity contribution >= 4 is 11.8 Å². The van der Waals surface area contributed by atoms with E-state index in [2.05, 4.69) is 5.32 Å². The topological polar surface area (TPSA) is 67.9 Å². The molecule has 1 atom stereocenters. The number of nitrogens with zero attached hydrogens (tertiary/aromatic N) is 1. The monoisotopic (exact) mass is 334 g/mol. The number of amides is 2. The van der Waals surface area contributed by atoms with Gasteiger partial charge in [-0.05, 0) is 45.4 Å². The largest absolute Gasteiger partial charge is 0.486 e. The van der Waals surface area contributed by atoms with Gasteiger partial charge in [0, 0.05) is 13.6 Å². The molecule has 1 aliphatic rings. The van der Waals surface area contributed by atoms with Crippen molar-refractivity contribution in [2.45, 2.75) is 39.2 Å². The van der Waals surface area contributed by atoms with Gasteiger partial charge < -0.3 is 19.7 Å². The molecule has 1 heterocycles. The average Bonchev–Trinajstić information content (AvgIpc) is 2.59. The van der Waals surface area contributed by atoms with Crippen molar-refractivity contribution in [3.63, 3.8) is 0 Å². The van der Waals surface area contributed by atoms with Gasteiger partial charge in [0.2, 0.25) is 11.8 Å². The molecule has 0 aromatic heterocycles. The summed E-state index contributed by atoms with van der Waals surface area (Å²) in [7, 11) is 1.72. The average molecular weight is 334 g/mol. The number of hydrogen-bond acceptors (Lipinski definition) is 4. The van der Waals surface area contributed by atoms with E-state index in [4.69, 9.17) is 9.47 Å². The lowest BCUT2D eigenvalue weighted by Gasteiger charge is -2.29. The molecule has 1 N–H and O–H groups in total. The molecule has 0 aliphatic carbocycles. The highest BCUT2D eigenvalue weighted by Gasteiger charge is 2.33. The van der Waals surface area contributed by atoms with Crippen molar-refractivity contribution in [3.8, 4) is 11.5 Å². The third kappa shape index (κ3) is 3.63. The molecule has 6 nitrogen and oxygen atoms in total. The van der Waals surface area contributed by atoms with Crippen LogP contribution in [0.2, 0.25) is 0 Å². The number of benzene rings is 1. The maximum Gasteiger partial charge on any atom is 0.244 e.